The second kappa shape index (κ2) is 9.09. The van der Waals surface area contributed by atoms with Gasteiger partial charge < -0.3 is 20.1 Å². The van der Waals surface area contributed by atoms with Crippen LogP contribution in [0.5, 0.6) is 17.2 Å². The molecule has 0 atom stereocenters. The molecular weight excluding hydrogens is 431 g/mol. The second-order valence-corrected chi connectivity index (χ2v) is 6.94. The fourth-order valence-electron chi connectivity index (χ4n) is 2.81. The van der Waals surface area contributed by atoms with Crippen molar-refractivity contribution in [3.05, 3.63) is 42.0 Å². The van der Waals surface area contributed by atoms with Gasteiger partial charge >= 0.3 is 6.18 Å². The molecule has 1 fully saturated rings. The molecule has 1 saturated carbocycles. The van der Waals surface area contributed by atoms with Gasteiger partial charge in [0.05, 0.1) is 32.1 Å². The third-order valence-electron chi connectivity index (χ3n) is 4.61. The number of benzene rings is 1. The molecule has 0 bridgehead atoms. The fourth-order valence-corrected chi connectivity index (χ4v) is 2.81. The van der Waals surface area contributed by atoms with Crippen molar-refractivity contribution in [3.8, 4) is 23.3 Å². The van der Waals surface area contributed by atoms with Crippen LogP contribution in [0.1, 0.15) is 30.7 Å². The quantitative estimate of drug-likeness (QED) is 0.634. The average Bonchev–Trinajstić information content (AvgIpc) is 3.53. The van der Waals surface area contributed by atoms with E-state index in [4.69, 9.17) is 14.7 Å². The van der Waals surface area contributed by atoms with Gasteiger partial charge in [-0.3, -0.25) is 9.59 Å². The van der Waals surface area contributed by atoms with Crippen LogP contribution < -0.4 is 20.1 Å². The van der Waals surface area contributed by atoms with Crippen LogP contribution in [-0.2, 0) is 22.3 Å². The Labute approximate surface area is 180 Å². The number of alkyl halides is 3. The number of nitrogens with zero attached hydrogens (tertiary/aromatic N) is 3. The van der Waals surface area contributed by atoms with E-state index < -0.39 is 34.8 Å². The van der Waals surface area contributed by atoms with Crippen LogP contribution in [-0.4, -0.2) is 34.4 Å². The monoisotopic (exact) mass is 449 g/mol. The predicted molar refractivity (Wildman–Crippen MR) is 102 cm³/mol. The van der Waals surface area contributed by atoms with Crippen LogP contribution in [0.2, 0.25) is 0 Å². The maximum atomic E-state index is 13.3. The molecule has 0 radical (unpaired) electrons. The van der Waals surface area contributed by atoms with Gasteiger partial charge in [-0.15, -0.1) is 0 Å². The van der Waals surface area contributed by atoms with Crippen LogP contribution >= 0.6 is 0 Å². The van der Waals surface area contributed by atoms with E-state index >= 15 is 0 Å². The maximum absolute atomic E-state index is 13.3. The number of halogens is 3. The summed E-state index contributed by atoms with van der Waals surface area (Å²) in [6.07, 6.45) is -1.73. The molecule has 0 spiro atoms. The molecule has 3 rings (SSSR count). The van der Waals surface area contributed by atoms with Crippen LogP contribution in [0.3, 0.4) is 0 Å². The lowest BCUT2D eigenvalue weighted by molar-refractivity contribution is -0.138. The highest BCUT2D eigenvalue weighted by molar-refractivity contribution is 5.94. The van der Waals surface area contributed by atoms with Crippen molar-refractivity contribution in [1.82, 2.24) is 20.6 Å². The summed E-state index contributed by atoms with van der Waals surface area (Å²) in [4.78, 5) is 31.8. The smallest absolute Gasteiger partial charge is 0.420 e. The van der Waals surface area contributed by atoms with Gasteiger partial charge in [0.15, 0.2) is 5.75 Å². The summed E-state index contributed by atoms with van der Waals surface area (Å²) in [6, 6.07) is 5.00. The minimum absolute atomic E-state index is 0.0295. The number of ether oxygens (including phenoxy) is 2. The molecule has 9 nitrogen and oxygen atoms in total. The Kier molecular flexibility index (Phi) is 6.47. The summed E-state index contributed by atoms with van der Waals surface area (Å²) in [5.74, 6) is -1.21. The number of nitriles is 1. The van der Waals surface area contributed by atoms with E-state index in [2.05, 4.69) is 20.6 Å². The third kappa shape index (κ3) is 5.42. The molecular formula is C20H18F3N5O4. The first-order valence-electron chi connectivity index (χ1n) is 9.37. The highest BCUT2D eigenvalue weighted by atomic mass is 19.4. The second-order valence-electron chi connectivity index (χ2n) is 6.94. The van der Waals surface area contributed by atoms with E-state index in [0.29, 0.717) is 12.8 Å². The molecule has 1 aliphatic carbocycles. The first-order chi connectivity index (χ1) is 15.2. The van der Waals surface area contributed by atoms with Gasteiger partial charge in [0.2, 0.25) is 11.8 Å². The molecule has 2 N–H and O–H groups in total. The van der Waals surface area contributed by atoms with E-state index in [1.54, 1.807) is 6.07 Å². The third-order valence-corrected chi connectivity index (χ3v) is 4.61. The number of rotatable bonds is 8. The standard InChI is InChI=1S/C20H18F3N5O4/c1-31-12-2-3-15(14(8-12)20(21,22)23)32-13-9-25-16(26-10-13)11-27-18(30)19(5-6-19)28-17(29)4-7-24/h2-3,8-10H,4-6,11H2,1H3,(H,27,30)(H,28,29). The van der Waals surface area contributed by atoms with Crippen LogP contribution in [0, 0.1) is 11.3 Å². The van der Waals surface area contributed by atoms with Gasteiger partial charge in [-0.05, 0) is 31.0 Å². The highest BCUT2D eigenvalue weighted by Crippen LogP contribution is 2.40. The molecule has 2 amide bonds. The van der Waals surface area contributed by atoms with Crippen molar-refractivity contribution in [2.75, 3.05) is 7.11 Å². The minimum atomic E-state index is -4.66. The summed E-state index contributed by atoms with van der Waals surface area (Å²) < 4.78 is 50.0. The molecule has 0 unspecified atom stereocenters. The Hall–Kier alpha value is -3.88. The molecule has 32 heavy (non-hydrogen) atoms. The number of carbonyl (C=O) groups is 2. The summed E-state index contributed by atoms with van der Waals surface area (Å²) in [5.41, 5.74) is -2.04. The van der Waals surface area contributed by atoms with Crippen molar-refractivity contribution in [3.63, 3.8) is 0 Å². The average molecular weight is 449 g/mol. The lowest BCUT2D eigenvalue weighted by Gasteiger charge is -2.16. The van der Waals surface area contributed by atoms with Crippen molar-refractivity contribution in [2.45, 2.75) is 37.5 Å². The van der Waals surface area contributed by atoms with E-state index in [1.807, 2.05) is 0 Å². The van der Waals surface area contributed by atoms with Gasteiger partial charge in [0.25, 0.3) is 0 Å². The number of hydrogen-bond donors (Lipinski definition) is 2. The SMILES string of the molecule is COc1ccc(Oc2cnc(CNC(=O)C3(NC(=O)CC#N)CC3)nc2)c(C(F)(F)F)c1. The minimum Gasteiger partial charge on any atom is -0.497 e. The molecule has 0 aliphatic heterocycles. The van der Waals surface area contributed by atoms with Crippen molar-refractivity contribution in [1.29, 1.82) is 5.26 Å². The summed E-state index contributed by atoms with van der Waals surface area (Å²) in [6.45, 7) is -0.0642. The van der Waals surface area contributed by atoms with Crippen molar-refractivity contribution >= 4 is 11.8 Å². The first-order valence-corrected chi connectivity index (χ1v) is 9.37. The zero-order valence-electron chi connectivity index (χ0n) is 16.8. The van der Waals surface area contributed by atoms with E-state index in [1.165, 1.54) is 25.6 Å². The number of carbonyl (C=O) groups excluding carboxylic acids is 2. The molecule has 1 heterocycles. The number of amides is 2. The fraction of sp³-hybridized carbons (Fsp3) is 0.350. The molecule has 168 valence electrons. The lowest BCUT2D eigenvalue weighted by atomic mass is 10.2. The Balaban J connectivity index is 1.61. The first kappa shape index (κ1) is 22.8. The number of nitrogens with one attached hydrogen (secondary N) is 2. The van der Waals surface area contributed by atoms with Gasteiger partial charge in [0, 0.05) is 0 Å². The largest absolute Gasteiger partial charge is 0.497 e. The zero-order chi connectivity index (χ0) is 23.4. The summed E-state index contributed by atoms with van der Waals surface area (Å²) >= 11 is 0. The Bertz CT molecular complexity index is 1050. The molecule has 1 aliphatic rings. The molecule has 1 aromatic heterocycles. The number of hydrogen-bond acceptors (Lipinski definition) is 7. The summed E-state index contributed by atoms with van der Waals surface area (Å²) in [7, 11) is 1.26. The van der Waals surface area contributed by atoms with Gasteiger partial charge in [-0.2, -0.15) is 18.4 Å². The Morgan fingerprint density at radius 3 is 2.47 bits per heavy atom. The molecule has 12 heteroatoms. The molecule has 1 aromatic carbocycles. The maximum Gasteiger partial charge on any atom is 0.420 e. The van der Waals surface area contributed by atoms with Gasteiger partial charge in [0.1, 0.15) is 34.8 Å². The van der Waals surface area contributed by atoms with E-state index in [-0.39, 0.29) is 30.3 Å². The van der Waals surface area contributed by atoms with E-state index in [9.17, 15) is 22.8 Å². The summed E-state index contributed by atoms with van der Waals surface area (Å²) in [5, 5.41) is 13.7. The number of methoxy groups -OCH3 is 1. The molecule has 2 aromatic rings. The zero-order valence-corrected chi connectivity index (χ0v) is 16.8. The van der Waals surface area contributed by atoms with Crippen LogP contribution in [0.15, 0.2) is 30.6 Å². The predicted octanol–water partition coefficient (Wildman–Crippen LogP) is 2.47. The van der Waals surface area contributed by atoms with Crippen molar-refractivity contribution in [2.24, 2.45) is 0 Å². The van der Waals surface area contributed by atoms with Crippen molar-refractivity contribution < 1.29 is 32.2 Å². The Morgan fingerprint density at radius 2 is 1.91 bits per heavy atom. The highest BCUT2D eigenvalue weighted by Gasteiger charge is 2.51. The van der Waals surface area contributed by atoms with Gasteiger partial charge in [-0.25, -0.2) is 9.97 Å². The van der Waals surface area contributed by atoms with Crippen LogP contribution in [0.4, 0.5) is 13.2 Å². The Morgan fingerprint density at radius 1 is 1.22 bits per heavy atom. The molecule has 0 saturated heterocycles. The van der Waals surface area contributed by atoms with Crippen LogP contribution in [0.25, 0.3) is 0 Å². The number of aromatic nitrogens is 2. The van der Waals surface area contributed by atoms with Gasteiger partial charge in [-0.1, -0.05) is 0 Å². The lowest BCUT2D eigenvalue weighted by Crippen LogP contribution is -2.48. The normalized spacial score (nSPS) is 14.1. The topological polar surface area (TPSA) is 126 Å². The van der Waals surface area contributed by atoms with E-state index in [0.717, 1.165) is 12.1 Å².